The SMILES string of the molecule is C=C1/C=c2/nc(-c3sc(-c4sc(-c5cc(CCCCCCCC)c(-c6cc(CCCCCCCC)c(-c7nc8cc9c(cc8s7)[C@@](N)(/C=C(/C=C(\S)c7sc(/C=C/C(CCCCCCCC)=C(\S)c8cc(CCCCCCCC)c(CC)s8)cc7CCCCCCCC)CCCCCCCC)S9)s6)s5)cc4CCCCCCCC)cc3CCCCCCCC)s/c2=C/N=C(/C)S1. The number of aliphatic imine (C=N–C) groups is 1. The highest BCUT2D eigenvalue weighted by molar-refractivity contribution is 8.17. The molecule has 0 fully saturated rings. The normalized spacial score (nSPS) is 15.5. The molecule has 0 bridgehead atoms. The Hall–Kier alpha value is -3.59. The van der Waals surface area contributed by atoms with Crippen LogP contribution in [0, 0.1) is 0 Å². The van der Waals surface area contributed by atoms with Crippen LogP contribution in [0.4, 0.5) is 0 Å². The highest BCUT2D eigenvalue weighted by atomic mass is 32.2. The summed E-state index contributed by atoms with van der Waals surface area (Å²) in [6, 6.07) is 20.4. The van der Waals surface area contributed by atoms with E-state index < -0.39 is 4.87 Å². The van der Waals surface area contributed by atoms with Crippen molar-refractivity contribution in [3.63, 3.8) is 0 Å². The van der Waals surface area contributed by atoms with E-state index in [1.165, 1.54) is 421 Å². The zero-order valence-corrected chi connectivity index (χ0v) is 92.4. The van der Waals surface area contributed by atoms with Gasteiger partial charge in [-0.15, -0.1) is 116 Å². The summed E-state index contributed by atoms with van der Waals surface area (Å²) >= 11 is 30.4. The molecule has 131 heavy (non-hydrogen) atoms. The molecule has 0 aliphatic carbocycles. The Morgan fingerprint density at radius 2 is 0.840 bits per heavy atom. The van der Waals surface area contributed by atoms with E-state index in [4.69, 9.17) is 46.0 Å². The first-order chi connectivity index (χ1) is 64.1. The topological polar surface area (TPSA) is 64.2 Å². The summed E-state index contributed by atoms with van der Waals surface area (Å²) < 4.78 is 2.35. The van der Waals surface area contributed by atoms with Gasteiger partial charge in [-0.05, 0) is 233 Å². The van der Waals surface area contributed by atoms with Crippen molar-refractivity contribution >= 4 is 183 Å². The average Bonchev–Trinajstić information content (AvgIpc) is 1.72. The van der Waals surface area contributed by atoms with Gasteiger partial charge >= 0.3 is 0 Å². The number of aryl methyl sites for hydroxylation is 7. The molecule has 16 heteroatoms. The van der Waals surface area contributed by atoms with Gasteiger partial charge in [-0.1, -0.05) is 355 Å². The van der Waals surface area contributed by atoms with Gasteiger partial charge in [0.25, 0.3) is 0 Å². The molecule has 9 aromatic rings. The summed E-state index contributed by atoms with van der Waals surface area (Å²) in [5, 5.41) is 4.29. The molecule has 11 rings (SSSR count). The number of thioether (sulfide) groups is 2. The fourth-order valence-electron chi connectivity index (χ4n) is 18.8. The third-order valence-electron chi connectivity index (χ3n) is 26.5. The Morgan fingerprint density at radius 3 is 1.32 bits per heavy atom. The summed E-state index contributed by atoms with van der Waals surface area (Å²) in [6.45, 7) is 27.5. The Morgan fingerprint density at radius 1 is 0.420 bits per heavy atom. The van der Waals surface area contributed by atoms with E-state index in [0.717, 1.165) is 98.1 Å². The lowest BCUT2D eigenvalue weighted by molar-refractivity contribution is 0.606. The largest absolute Gasteiger partial charge is 0.309 e. The Kier molecular flexibility index (Phi) is 49.2. The first-order valence-corrected chi connectivity index (χ1v) is 61.7. The van der Waals surface area contributed by atoms with E-state index in [0.29, 0.717) is 0 Å². The van der Waals surface area contributed by atoms with E-state index in [2.05, 4.69) is 177 Å². The third kappa shape index (κ3) is 33.9. The minimum absolute atomic E-state index is 0.674. The summed E-state index contributed by atoms with van der Waals surface area (Å²) in [4.78, 5) is 36.7. The monoisotopic (exact) mass is 1980 g/mol. The fourth-order valence-corrected chi connectivity index (χ4v) is 30.9. The van der Waals surface area contributed by atoms with Crippen LogP contribution >= 0.6 is 139 Å². The number of hydrogen-bond donors (Lipinski definition) is 3. The second kappa shape index (κ2) is 59.8. The van der Waals surface area contributed by atoms with Crippen LogP contribution < -0.4 is 15.6 Å². The third-order valence-corrected chi connectivity index (χ3v) is 39.8. The molecule has 716 valence electrons. The van der Waals surface area contributed by atoms with Crippen molar-refractivity contribution < 1.29 is 0 Å². The predicted octanol–water partition coefficient (Wildman–Crippen LogP) is 40.6. The van der Waals surface area contributed by atoms with Crippen LogP contribution in [0.3, 0.4) is 0 Å². The first-order valence-electron chi connectivity index (χ1n) is 52.6. The van der Waals surface area contributed by atoms with Gasteiger partial charge in [0.1, 0.15) is 14.9 Å². The van der Waals surface area contributed by atoms with Crippen LogP contribution in [0.2, 0.25) is 0 Å². The van der Waals surface area contributed by atoms with E-state index >= 15 is 0 Å². The number of hydrogen-bond acceptors (Lipinski definition) is 16. The maximum Gasteiger partial charge on any atom is 0.134 e. The molecule has 1 aromatic carbocycles. The number of allylic oxidation sites excluding steroid dienone is 5. The lowest BCUT2D eigenvalue weighted by atomic mass is 9.97. The molecule has 8 aromatic heterocycles. The molecule has 1 atom stereocenters. The summed E-state index contributed by atoms with van der Waals surface area (Å²) in [7, 11) is 0. The number of thiazole rings is 2. The van der Waals surface area contributed by atoms with Crippen molar-refractivity contribution in [1.29, 1.82) is 0 Å². The van der Waals surface area contributed by atoms with Gasteiger partial charge in [0.05, 0.1) is 34.9 Å². The Labute approximate surface area is 847 Å². The van der Waals surface area contributed by atoms with Crippen LogP contribution in [0.5, 0.6) is 0 Å². The minimum atomic E-state index is -0.674. The number of unbranched alkanes of at least 4 members (excludes halogenated alkanes) is 40. The van der Waals surface area contributed by atoms with Gasteiger partial charge in [-0.2, -0.15) is 0 Å². The van der Waals surface area contributed by atoms with E-state index in [9.17, 15) is 0 Å². The number of fused-ring (bicyclic) bond motifs is 3. The minimum Gasteiger partial charge on any atom is -0.309 e. The van der Waals surface area contributed by atoms with Crippen molar-refractivity contribution in [3.05, 3.63) is 158 Å². The van der Waals surface area contributed by atoms with Crippen molar-refractivity contribution in [1.82, 2.24) is 9.97 Å². The lowest BCUT2D eigenvalue weighted by Gasteiger charge is -2.38. The number of thiol groups is 2. The van der Waals surface area contributed by atoms with Crippen LogP contribution in [-0.2, 0) is 49.8 Å². The van der Waals surface area contributed by atoms with Crippen molar-refractivity contribution in [2.24, 2.45) is 10.7 Å². The number of nitrogens with two attached hydrogens (primary N) is 1. The second-order valence-electron chi connectivity index (χ2n) is 37.9. The zero-order chi connectivity index (χ0) is 92.4. The molecular weight excluding hydrogens is 1820 g/mol. The lowest BCUT2D eigenvalue weighted by Crippen LogP contribution is -2.37. The molecule has 0 saturated heterocycles. The maximum atomic E-state index is 7.90. The molecule has 4 nitrogen and oxygen atoms in total. The van der Waals surface area contributed by atoms with Crippen molar-refractivity contribution in [2.75, 3.05) is 0 Å². The molecule has 0 amide bonds. The molecular formula is C115H164N4S12. The molecule has 2 aliphatic rings. The van der Waals surface area contributed by atoms with Gasteiger partial charge in [-0.25, -0.2) is 9.97 Å². The molecule has 2 aliphatic heterocycles. The fraction of sp³-hybridized carbons (Fsp3) is 0.591. The van der Waals surface area contributed by atoms with E-state index in [1.54, 1.807) is 33.5 Å². The summed E-state index contributed by atoms with van der Waals surface area (Å²) in [5.41, 5.74) is 21.9. The Balaban J connectivity index is 0.942. The average molecular weight is 1990 g/mol. The molecule has 0 saturated carbocycles. The predicted molar refractivity (Wildman–Crippen MR) is 610 cm³/mol. The number of aromatic nitrogens is 2. The molecule has 10 heterocycles. The first kappa shape index (κ1) is 108. The standard InChI is InChI=1S/C115H164N4S12/c1-12-21-29-37-45-53-61-85(72-97(120)108-88(64-56-48-40-32-24-15-4)73-93(123-108)70-69-86(62-54-46-38-30-22-13-2)107(121)103-74-87(98(20-9)124-103)63-55-47-39-31-23-14-3)81-115(116)94-79-100-96(80-99(94)131-115)119-113(129-100)111-91(67-59-51-43-35-27-18-7)77-104(127-111)109-89(65-57-49-41-33-25-16-5)75-101(125-109)102-76-90(66-58-50-42-34-26-17-6)110(126-102)105-78-92(68-60-52-44-36-28-19-8)112(128-105)114-118-95-71-83(10)122-84(11)117-82-106(95)130-114/h69-82,120-121H,10,12-68,116H2,1-9,11H3/b70-69+,85-81+,95-71+,97-72-,106-82+,107-86-,117-84-/t115-/m1/s1. The number of nitrogens with zero attached hydrogens (tertiary/aromatic N) is 3. The molecule has 2 N–H and O–H groups in total. The smallest absolute Gasteiger partial charge is 0.134 e. The van der Waals surface area contributed by atoms with Crippen LogP contribution in [0.15, 0.2) is 99.3 Å². The van der Waals surface area contributed by atoms with Gasteiger partial charge < -0.3 is 5.73 Å². The molecule has 0 spiro atoms. The van der Waals surface area contributed by atoms with Crippen LogP contribution in [-0.4, -0.2) is 15.0 Å². The highest BCUT2D eigenvalue weighted by Crippen LogP contribution is 2.57. The molecule has 0 radical (unpaired) electrons. The van der Waals surface area contributed by atoms with Gasteiger partial charge in [0, 0.05) is 80.1 Å². The van der Waals surface area contributed by atoms with Gasteiger partial charge in [0.15, 0.2) is 0 Å². The quantitative estimate of drug-likeness (QED) is 0.0201. The Bertz CT molecular complexity index is 5210. The molecule has 0 unspecified atom stereocenters. The number of benzene rings is 1. The van der Waals surface area contributed by atoms with Crippen molar-refractivity contribution in [2.45, 2.75) is 445 Å². The zero-order valence-electron chi connectivity index (χ0n) is 82.5. The summed E-state index contributed by atoms with van der Waals surface area (Å²) in [5.74, 6) is 0. The van der Waals surface area contributed by atoms with Gasteiger partial charge in [0.2, 0.25) is 0 Å². The van der Waals surface area contributed by atoms with E-state index in [-0.39, 0.29) is 0 Å². The van der Waals surface area contributed by atoms with Gasteiger partial charge in [-0.3, -0.25) is 4.99 Å². The summed E-state index contributed by atoms with van der Waals surface area (Å²) in [6.07, 6.45) is 85.4. The number of rotatable bonds is 68. The van der Waals surface area contributed by atoms with E-state index in [1.807, 2.05) is 74.6 Å². The highest BCUT2D eigenvalue weighted by Gasteiger charge is 2.40. The number of thiophene rings is 6. The second-order valence-corrected chi connectivity index (χ2v) is 49.9. The van der Waals surface area contributed by atoms with Crippen LogP contribution in [0.25, 0.3) is 87.4 Å². The van der Waals surface area contributed by atoms with Crippen LogP contribution in [0.1, 0.15) is 449 Å². The van der Waals surface area contributed by atoms with Crippen molar-refractivity contribution in [3.8, 4) is 49.0 Å². The maximum absolute atomic E-state index is 7.90.